The summed E-state index contributed by atoms with van der Waals surface area (Å²) in [6.07, 6.45) is 0. The normalized spacial score (nSPS) is 14.3. The third kappa shape index (κ3) is 3.34. The summed E-state index contributed by atoms with van der Waals surface area (Å²) in [4.78, 5) is 11.6. The van der Waals surface area contributed by atoms with Crippen molar-refractivity contribution in [3.63, 3.8) is 0 Å². The quantitative estimate of drug-likeness (QED) is 0.661. The second kappa shape index (κ2) is 5.48. The van der Waals surface area contributed by atoms with E-state index >= 15 is 0 Å². The molecule has 1 aromatic carbocycles. The Bertz CT molecular complexity index is 314. The molecule has 0 aliphatic rings. The Morgan fingerprint density at radius 1 is 1.47 bits per heavy atom. The number of hydrogen-bond donors (Lipinski definition) is 3. The van der Waals surface area contributed by atoms with Crippen molar-refractivity contribution in [2.45, 2.75) is 19.0 Å². The standard InChI is InChI=1S/C11H16N2O2/c1-8(7-14)13-11(15)10(12)9-5-3-2-4-6-9/h2-6,8,10,14H,7,12H2,1H3,(H,13,15)/t8-,10-/m0/s1. The first-order chi connectivity index (χ1) is 7.15. The number of nitrogens with one attached hydrogen (secondary N) is 1. The van der Waals surface area contributed by atoms with E-state index in [0.717, 1.165) is 5.56 Å². The van der Waals surface area contributed by atoms with Gasteiger partial charge in [-0.1, -0.05) is 30.3 Å². The molecule has 0 saturated heterocycles. The summed E-state index contributed by atoms with van der Waals surface area (Å²) in [6, 6.07) is 8.18. The average Bonchev–Trinajstić information content (AvgIpc) is 2.29. The molecule has 0 unspecified atom stereocenters. The van der Waals surface area contributed by atoms with Gasteiger partial charge in [-0.25, -0.2) is 0 Å². The first-order valence-corrected chi connectivity index (χ1v) is 4.87. The monoisotopic (exact) mass is 208 g/mol. The van der Waals surface area contributed by atoms with E-state index in [1.807, 2.05) is 18.2 Å². The van der Waals surface area contributed by atoms with Crippen molar-refractivity contribution in [2.75, 3.05) is 6.61 Å². The number of aliphatic hydroxyl groups is 1. The minimum atomic E-state index is -0.680. The van der Waals surface area contributed by atoms with Crippen LogP contribution < -0.4 is 11.1 Å². The van der Waals surface area contributed by atoms with E-state index in [1.165, 1.54) is 0 Å². The summed E-state index contributed by atoms with van der Waals surface area (Å²) >= 11 is 0. The van der Waals surface area contributed by atoms with Gasteiger partial charge in [-0.15, -0.1) is 0 Å². The Morgan fingerprint density at radius 3 is 2.60 bits per heavy atom. The number of aliphatic hydroxyl groups excluding tert-OH is 1. The highest BCUT2D eigenvalue weighted by Gasteiger charge is 2.16. The third-order valence-corrected chi connectivity index (χ3v) is 2.10. The van der Waals surface area contributed by atoms with Crippen molar-refractivity contribution in [3.8, 4) is 0 Å². The van der Waals surface area contributed by atoms with Crippen molar-refractivity contribution in [1.82, 2.24) is 5.32 Å². The van der Waals surface area contributed by atoms with E-state index in [9.17, 15) is 4.79 Å². The summed E-state index contributed by atoms with van der Waals surface area (Å²) in [5.74, 6) is -0.275. The molecular formula is C11H16N2O2. The van der Waals surface area contributed by atoms with E-state index in [0.29, 0.717) is 0 Å². The number of hydrogen-bond acceptors (Lipinski definition) is 3. The van der Waals surface area contributed by atoms with E-state index in [1.54, 1.807) is 19.1 Å². The van der Waals surface area contributed by atoms with Crippen molar-refractivity contribution in [2.24, 2.45) is 5.73 Å². The van der Waals surface area contributed by atoms with Crippen molar-refractivity contribution < 1.29 is 9.90 Å². The number of benzene rings is 1. The molecule has 1 rings (SSSR count). The highest BCUT2D eigenvalue weighted by Crippen LogP contribution is 2.09. The molecule has 0 aliphatic carbocycles. The zero-order valence-corrected chi connectivity index (χ0v) is 8.68. The summed E-state index contributed by atoms with van der Waals surface area (Å²) in [6.45, 7) is 1.63. The van der Waals surface area contributed by atoms with Gasteiger partial charge in [0.25, 0.3) is 0 Å². The van der Waals surface area contributed by atoms with Crippen LogP contribution >= 0.6 is 0 Å². The number of amides is 1. The molecule has 0 aromatic heterocycles. The van der Waals surface area contributed by atoms with Gasteiger partial charge >= 0.3 is 0 Å². The summed E-state index contributed by atoms with van der Waals surface area (Å²) in [5.41, 5.74) is 6.51. The highest BCUT2D eigenvalue weighted by molar-refractivity contribution is 5.83. The first kappa shape index (κ1) is 11.7. The maximum absolute atomic E-state index is 11.6. The van der Waals surface area contributed by atoms with E-state index in [4.69, 9.17) is 10.8 Å². The Hall–Kier alpha value is -1.39. The third-order valence-electron chi connectivity index (χ3n) is 2.10. The second-order valence-electron chi connectivity index (χ2n) is 3.48. The number of rotatable bonds is 4. The van der Waals surface area contributed by atoms with Crippen LogP contribution in [-0.2, 0) is 4.79 Å². The molecule has 0 bridgehead atoms. The minimum Gasteiger partial charge on any atom is -0.394 e. The average molecular weight is 208 g/mol. The lowest BCUT2D eigenvalue weighted by Gasteiger charge is -2.15. The number of carbonyl (C=O) groups is 1. The summed E-state index contributed by atoms with van der Waals surface area (Å²) in [7, 11) is 0. The van der Waals surface area contributed by atoms with Crippen molar-refractivity contribution >= 4 is 5.91 Å². The van der Waals surface area contributed by atoms with Crippen molar-refractivity contribution in [3.05, 3.63) is 35.9 Å². The Morgan fingerprint density at radius 2 is 2.07 bits per heavy atom. The molecule has 4 N–H and O–H groups in total. The van der Waals surface area contributed by atoms with Gasteiger partial charge in [0, 0.05) is 6.04 Å². The SMILES string of the molecule is C[C@@H](CO)NC(=O)[C@@H](N)c1ccccc1. The Kier molecular flexibility index (Phi) is 4.27. The summed E-state index contributed by atoms with van der Waals surface area (Å²) in [5, 5.41) is 11.4. The van der Waals surface area contributed by atoms with Crippen LogP contribution in [0.5, 0.6) is 0 Å². The molecule has 0 radical (unpaired) electrons. The van der Waals surface area contributed by atoms with Gasteiger partial charge in [-0.3, -0.25) is 4.79 Å². The molecule has 0 heterocycles. The molecular weight excluding hydrogens is 192 g/mol. The van der Waals surface area contributed by atoms with Crippen LogP contribution in [0.3, 0.4) is 0 Å². The number of carbonyl (C=O) groups excluding carboxylic acids is 1. The van der Waals surface area contributed by atoms with Gasteiger partial charge < -0.3 is 16.2 Å². The molecule has 0 spiro atoms. The van der Waals surface area contributed by atoms with Gasteiger partial charge in [0.05, 0.1) is 6.61 Å². The highest BCUT2D eigenvalue weighted by atomic mass is 16.3. The van der Waals surface area contributed by atoms with Crippen LogP contribution in [0.15, 0.2) is 30.3 Å². The fourth-order valence-electron chi connectivity index (χ4n) is 1.19. The smallest absolute Gasteiger partial charge is 0.241 e. The molecule has 1 amide bonds. The topological polar surface area (TPSA) is 75.3 Å². The predicted octanol–water partition coefficient (Wildman–Crippen LogP) is 0.183. The lowest BCUT2D eigenvalue weighted by atomic mass is 10.1. The minimum absolute atomic E-state index is 0.0900. The van der Waals surface area contributed by atoms with Crippen LogP contribution in [-0.4, -0.2) is 23.7 Å². The van der Waals surface area contributed by atoms with Gasteiger partial charge in [0.2, 0.25) is 5.91 Å². The zero-order valence-electron chi connectivity index (χ0n) is 8.68. The predicted molar refractivity (Wildman–Crippen MR) is 58.1 cm³/mol. The maximum atomic E-state index is 11.6. The van der Waals surface area contributed by atoms with Crippen LogP contribution in [0.25, 0.3) is 0 Å². The van der Waals surface area contributed by atoms with Crippen LogP contribution in [0.4, 0.5) is 0 Å². The molecule has 15 heavy (non-hydrogen) atoms. The van der Waals surface area contributed by atoms with E-state index in [2.05, 4.69) is 5.32 Å². The molecule has 2 atom stereocenters. The molecule has 82 valence electrons. The molecule has 4 heteroatoms. The molecule has 1 aromatic rings. The fraction of sp³-hybridized carbons (Fsp3) is 0.364. The molecule has 4 nitrogen and oxygen atoms in total. The van der Waals surface area contributed by atoms with Crippen molar-refractivity contribution in [1.29, 1.82) is 0 Å². The second-order valence-corrected chi connectivity index (χ2v) is 3.48. The Balaban J connectivity index is 2.61. The Labute approximate surface area is 89.1 Å². The summed E-state index contributed by atoms with van der Waals surface area (Å²) < 4.78 is 0. The fourth-order valence-corrected chi connectivity index (χ4v) is 1.19. The van der Waals surface area contributed by atoms with E-state index in [-0.39, 0.29) is 18.6 Å². The lowest BCUT2D eigenvalue weighted by molar-refractivity contribution is -0.123. The zero-order chi connectivity index (χ0) is 11.3. The molecule has 0 fully saturated rings. The van der Waals surface area contributed by atoms with Gasteiger partial charge in [-0.2, -0.15) is 0 Å². The van der Waals surface area contributed by atoms with Gasteiger partial charge in [0.15, 0.2) is 0 Å². The molecule has 0 saturated carbocycles. The maximum Gasteiger partial charge on any atom is 0.241 e. The van der Waals surface area contributed by atoms with E-state index < -0.39 is 6.04 Å². The number of nitrogens with two attached hydrogens (primary N) is 1. The van der Waals surface area contributed by atoms with Gasteiger partial charge in [0.1, 0.15) is 6.04 Å². The van der Waals surface area contributed by atoms with Gasteiger partial charge in [-0.05, 0) is 12.5 Å². The molecule has 0 aliphatic heterocycles. The lowest BCUT2D eigenvalue weighted by Crippen LogP contribution is -2.40. The van der Waals surface area contributed by atoms with Crippen LogP contribution in [0.1, 0.15) is 18.5 Å². The first-order valence-electron chi connectivity index (χ1n) is 4.87. The largest absolute Gasteiger partial charge is 0.394 e. The van der Waals surface area contributed by atoms with Crippen LogP contribution in [0.2, 0.25) is 0 Å². The van der Waals surface area contributed by atoms with Crippen LogP contribution in [0, 0.1) is 0 Å².